The van der Waals surface area contributed by atoms with E-state index >= 15 is 0 Å². The van der Waals surface area contributed by atoms with Crippen molar-refractivity contribution in [1.29, 1.82) is 0 Å². The molecule has 6 nitrogen and oxygen atoms in total. The molecular formula is C23H19FN4O2. The topological polar surface area (TPSA) is 97.6 Å². The maximum absolute atomic E-state index is 14.4. The number of aromatic amines is 3. The first-order valence-electron chi connectivity index (χ1n) is 9.64. The number of benzene rings is 1. The Morgan fingerprint density at radius 1 is 1.07 bits per heavy atom. The van der Waals surface area contributed by atoms with E-state index in [4.69, 9.17) is 0 Å². The monoisotopic (exact) mass is 402 g/mol. The lowest BCUT2D eigenvalue weighted by Gasteiger charge is -2.13. The van der Waals surface area contributed by atoms with Crippen LogP contribution in [0.5, 0.6) is 0 Å². The summed E-state index contributed by atoms with van der Waals surface area (Å²) in [4.78, 5) is 25.8. The van der Waals surface area contributed by atoms with E-state index in [9.17, 15) is 14.3 Å². The van der Waals surface area contributed by atoms with E-state index in [-0.39, 0.29) is 17.4 Å². The molecule has 4 N–H and O–H groups in total. The van der Waals surface area contributed by atoms with Crippen LogP contribution < -0.4 is 0 Å². The highest BCUT2D eigenvalue weighted by molar-refractivity contribution is 6.06. The second-order valence-corrected chi connectivity index (χ2v) is 7.61. The lowest BCUT2D eigenvalue weighted by Crippen LogP contribution is -2.00. The summed E-state index contributed by atoms with van der Waals surface area (Å²) in [6.07, 6.45) is 5.18. The van der Waals surface area contributed by atoms with Gasteiger partial charge in [-0.15, -0.1) is 0 Å². The fraction of sp³-hybridized carbons (Fsp3) is 0.130. The number of aromatic nitrogens is 4. The molecule has 5 rings (SSSR count). The van der Waals surface area contributed by atoms with Gasteiger partial charge in [0.15, 0.2) is 0 Å². The van der Waals surface area contributed by atoms with Crippen molar-refractivity contribution >= 4 is 27.9 Å². The van der Waals surface area contributed by atoms with Crippen LogP contribution in [0, 0.1) is 5.82 Å². The third-order valence-electron chi connectivity index (χ3n) is 5.46. The Morgan fingerprint density at radius 3 is 2.60 bits per heavy atom. The maximum Gasteiger partial charge on any atom is 0.352 e. The van der Waals surface area contributed by atoms with Gasteiger partial charge in [-0.05, 0) is 47.4 Å². The summed E-state index contributed by atoms with van der Waals surface area (Å²) >= 11 is 0. The van der Waals surface area contributed by atoms with Crippen LogP contribution in [0.3, 0.4) is 0 Å². The Hall–Kier alpha value is -3.87. The molecule has 1 aromatic carbocycles. The predicted molar refractivity (Wildman–Crippen MR) is 114 cm³/mol. The van der Waals surface area contributed by atoms with Crippen LogP contribution in [0.25, 0.3) is 44.3 Å². The van der Waals surface area contributed by atoms with Gasteiger partial charge in [0.2, 0.25) is 0 Å². The number of nitrogens with one attached hydrogen (secondary N) is 3. The van der Waals surface area contributed by atoms with Gasteiger partial charge in [-0.2, -0.15) is 0 Å². The standard InChI is InChI=1S/C23H19FN4O2/c1-11(2)18-19(14-4-7-26-22-15(14)5-8-27-22)21(23(29)30)28-20(18)16-9-12(24)10-17-13(16)3-6-25-17/h3-11,25,28H,1-2H3,(H,26,27)(H,29,30). The zero-order valence-electron chi connectivity index (χ0n) is 16.4. The van der Waals surface area contributed by atoms with Crippen molar-refractivity contribution in [1.82, 2.24) is 19.9 Å². The second-order valence-electron chi connectivity index (χ2n) is 7.61. The molecule has 0 saturated carbocycles. The first-order valence-corrected chi connectivity index (χ1v) is 9.64. The van der Waals surface area contributed by atoms with E-state index in [0.717, 1.165) is 21.9 Å². The minimum Gasteiger partial charge on any atom is -0.477 e. The molecular weight excluding hydrogens is 383 g/mol. The molecule has 0 aliphatic heterocycles. The summed E-state index contributed by atoms with van der Waals surface area (Å²) in [6.45, 7) is 4.01. The Labute approximate surface area is 170 Å². The van der Waals surface area contributed by atoms with Crippen LogP contribution in [-0.4, -0.2) is 31.0 Å². The fourth-order valence-corrected chi connectivity index (χ4v) is 4.26. The van der Waals surface area contributed by atoms with E-state index < -0.39 is 5.97 Å². The molecule has 4 aromatic heterocycles. The zero-order chi connectivity index (χ0) is 21.0. The summed E-state index contributed by atoms with van der Waals surface area (Å²) in [7, 11) is 0. The molecule has 150 valence electrons. The number of carbonyl (C=O) groups is 1. The molecule has 7 heteroatoms. The van der Waals surface area contributed by atoms with Crippen LogP contribution in [0.2, 0.25) is 0 Å². The van der Waals surface area contributed by atoms with Crippen LogP contribution >= 0.6 is 0 Å². The number of rotatable bonds is 4. The minimum absolute atomic E-state index is 0.0150. The second kappa shape index (κ2) is 6.59. The zero-order valence-corrected chi connectivity index (χ0v) is 16.4. The number of hydrogen-bond donors (Lipinski definition) is 4. The Kier molecular flexibility index (Phi) is 3.99. The van der Waals surface area contributed by atoms with Gasteiger partial charge < -0.3 is 20.1 Å². The minimum atomic E-state index is -1.07. The summed E-state index contributed by atoms with van der Waals surface area (Å²) < 4.78 is 14.4. The Bertz CT molecular complexity index is 1420. The molecule has 0 aliphatic carbocycles. The van der Waals surface area contributed by atoms with E-state index in [1.54, 1.807) is 18.6 Å². The summed E-state index contributed by atoms with van der Waals surface area (Å²) in [5.74, 6) is -1.47. The van der Waals surface area contributed by atoms with Gasteiger partial charge in [-0.1, -0.05) is 13.8 Å². The number of carboxylic acid groups (broad SMARTS) is 1. The van der Waals surface area contributed by atoms with E-state index in [0.29, 0.717) is 28.0 Å². The number of halogens is 1. The maximum atomic E-state index is 14.4. The van der Waals surface area contributed by atoms with Gasteiger partial charge >= 0.3 is 5.97 Å². The number of pyridine rings is 1. The molecule has 5 aromatic rings. The molecule has 0 unspecified atom stereocenters. The number of H-pyrrole nitrogens is 3. The van der Waals surface area contributed by atoms with Crippen LogP contribution in [0.4, 0.5) is 4.39 Å². The lowest BCUT2D eigenvalue weighted by atomic mass is 9.89. The molecule has 4 heterocycles. The first kappa shape index (κ1) is 18.2. The quantitative estimate of drug-likeness (QED) is 0.312. The van der Waals surface area contributed by atoms with Crippen molar-refractivity contribution in [2.75, 3.05) is 0 Å². The molecule has 0 radical (unpaired) electrons. The molecule has 0 amide bonds. The predicted octanol–water partition coefficient (Wildman–Crippen LogP) is 5.67. The smallest absolute Gasteiger partial charge is 0.352 e. The van der Waals surface area contributed by atoms with Crippen molar-refractivity contribution in [3.8, 4) is 22.4 Å². The van der Waals surface area contributed by atoms with Crippen molar-refractivity contribution in [2.24, 2.45) is 0 Å². The van der Waals surface area contributed by atoms with E-state index in [1.807, 2.05) is 32.0 Å². The summed E-state index contributed by atoms with van der Waals surface area (Å²) in [6, 6.07) is 8.45. The van der Waals surface area contributed by atoms with Gasteiger partial charge in [0.25, 0.3) is 0 Å². The summed E-state index contributed by atoms with van der Waals surface area (Å²) in [5.41, 5.74) is 4.86. The molecule has 0 atom stereocenters. The number of carboxylic acids is 1. The molecule has 0 spiro atoms. The molecule has 0 aliphatic rings. The molecule has 30 heavy (non-hydrogen) atoms. The lowest BCUT2D eigenvalue weighted by molar-refractivity contribution is 0.0692. The van der Waals surface area contributed by atoms with Gasteiger partial charge in [-0.25, -0.2) is 14.2 Å². The van der Waals surface area contributed by atoms with Crippen LogP contribution in [-0.2, 0) is 0 Å². The average Bonchev–Trinajstić information content (AvgIpc) is 3.43. The largest absolute Gasteiger partial charge is 0.477 e. The highest BCUT2D eigenvalue weighted by Crippen LogP contribution is 2.43. The average molecular weight is 402 g/mol. The van der Waals surface area contributed by atoms with Gasteiger partial charge in [0, 0.05) is 46.0 Å². The summed E-state index contributed by atoms with van der Waals surface area (Å²) in [5, 5.41) is 11.7. The van der Waals surface area contributed by atoms with Gasteiger partial charge in [0.1, 0.15) is 17.2 Å². The van der Waals surface area contributed by atoms with Crippen molar-refractivity contribution in [3.05, 3.63) is 66.0 Å². The number of hydrogen-bond acceptors (Lipinski definition) is 2. The van der Waals surface area contributed by atoms with Gasteiger partial charge in [0.05, 0.1) is 5.69 Å². The van der Waals surface area contributed by atoms with E-state index in [1.165, 1.54) is 12.1 Å². The number of nitrogens with zero attached hydrogens (tertiary/aromatic N) is 1. The SMILES string of the molecule is CC(C)c1c(-c2cc(F)cc3[nH]ccc23)[nH]c(C(=O)O)c1-c1ccnc2[nH]ccc12. The molecule has 0 bridgehead atoms. The van der Waals surface area contributed by atoms with Crippen LogP contribution in [0.1, 0.15) is 35.8 Å². The van der Waals surface area contributed by atoms with Crippen molar-refractivity contribution in [3.63, 3.8) is 0 Å². The Balaban J connectivity index is 1.91. The van der Waals surface area contributed by atoms with Gasteiger partial charge in [-0.3, -0.25) is 0 Å². The highest BCUT2D eigenvalue weighted by Gasteiger charge is 2.27. The highest BCUT2D eigenvalue weighted by atomic mass is 19.1. The van der Waals surface area contributed by atoms with Crippen molar-refractivity contribution in [2.45, 2.75) is 19.8 Å². The number of fused-ring (bicyclic) bond motifs is 2. The third kappa shape index (κ3) is 2.62. The Morgan fingerprint density at radius 2 is 1.83 bits per heavy atom. The van der Waals surface area contributed by atoms with Crippen LogP contribution in [0.15, 0.2) is 48.9 Å². The third-order valence-corrected chi connectivity index (χ3v) is 5.46. The fourth-order valence-electron chi connectivity index (χ4n) is 4.26. The molecule has 0 fully saturated rings. The molecule has 0 saturated heterocycles. The normalized spacial score (nSPS) is 11.7. The van der Waals surface area contributed by atoms with E-state index in [2.05, 4.69) is 19.9 Å². The first-order chi connectivity index (χ1) is 14.5. The number of aromatic carboxylic acids is 1. The van der Waals surface area contributed by atoms with Crippen molar-refractivity contribution < 1.29 is 14.3 Å².